The second-order valence-corrected chi connectivity index (χ2v) is 6.42. The molecule has 1 fully saturated rings. The quantitative estimate of drug-likeness (QED) is 0.849. The van der Waals surface area contributed by atoms with E-state index in [9.17, 15) is 0 Å². The summed E-state index contributed by atoms with van der Waals surface area (Å²) in [7, 11) is 0. The van der Waals surface area contributed by atoms with E-state index in [0.717, 1.165) is 37.4 Å². The van der Waals surface area contributed by atoms with Crippen LogP contribution in [-0.4, -0.2) is 25.4 Å². The summed E-state index contributed by atoms with van der Waals surface area (Å²) in [6.07, 6.45) is 2.29. The summed E-state index contributed by atoms with van der Waals surface area (Å²) in [5.41, 5.74) is 7.45. The van der Waals surface area contributed by atoms with Crippen LogP contribution in [0.1, 0.15) is 32.3 Å². The van der Waals surface area contributed by atoms with Crippen molar-refractivity contribution in [1.29, 1.82) is 0 Å². The molecule has 0 spiro atoms. The summed E-state index contributed by atoms with van der Waals surface area (Å²) in [6.45, 7) is 6.60. The maximum absolute atomic E-state index is 6.09. The molecule has 4 nitrogen and oxygen atoms in total. The van der Waals surface area contributed by atoms with E-state index in [1.165, 1.54) is 5.56 Å². The number of nitrogens with one attached hydrogen (secondary N) is 1. The van der Waals surface area contributed by atoms with Gasteiger partial charge in [-0.15, -0.1) is 0 Å². The number of hydrogen-bond acceptors (Lipinski definition) is 4. The zero-order valence-corrected chi connectivity index (χ0v) is 11.7. The van der Waals surface area contributed by atoms with Crippen LogP contribution in [-0.2, 0) is 5.41 Å². The highest BCUT2D eigenvalue weighted by molar-refractivity contribution is 5.46. The molecule has 104 valence electrons. The van der Waals surface area contributed by atoms with Gasteiger partial charge in [-0.25, -0.2) is 0 Å². The second-order valence-electron chi connectivity index (χ2n) is 6.42. The van der Waals surface area contributed by atoms with Crippen LogP contribution < -0.4 is 20.5 Å². The number of hydrogen-bond donors (Lipinski definition) is 2. The number of benzene rings is 1. The summed E-state index contributed by atoms with van der Waals surface area (Å²) < 4.78 is 10.8. The Labute approximate surface area is 114 Å². The lowest BCUT2D eigenvalue weighted by Gasteiger charge is -2.27. The molecule has 1 aromatic rings. The van der Waals surface area contributed by atoms with E-state index in [1.807, 2.05) is 6.07 Å². The highest BCUT2D eigenvalue weighted by Gasteiger charge is 2.38. The lowest BCUT2D eigenvalue weighted by molar-refractivity contribution is 0.174. The highest BCUT2D eigenvalue weighted by Crippen LogP contribution is 2.36. The Hall–Kier alpha value is -1.26. The summed E-state index contributed by atoms with van der Waals surface area (Å²) in [5, 5.41) is 3.50. The van der Waals surface area contributed by atoms with Crippen molar-refractivity contribution in [2.24, 2.45) is 5.73 Å². The zero-order chi connectivity index (χ0) is 13.5. The van der Waals surface area contributed by atoms with Gasteiger partial charge in [0.15, 0.2) is 11.5 Å². The Morgan fingerprint density at radius 2 is 2.00 bits per heavy atom. The molecule has 0 radical (unpaired) electrons. The first-order valence-corrected chi connectivity index (χ1v) is 6.88. The fraction of sp³-hybridized carbons (Fsp3) is 0.600. The van der Waals surface area contributed by atoms with Gasteiger partial charge in [-0.2, -0.15) is 0 Å². The topological polar surface area (TPSA) is 56.5 Å². The first-order chi connectivity index (χ1) is 8.99. The fourth-order valence-corrected chi connectivity index (χ4v) is 2.38. The molecule has 0 saturated heterocycles. The van der Waals surface area contributed by atoms with Gasteiger partial charge in [-0.05, 0) is 30.5 Å². The van der Waals surface area contributed by atoms with Crippen molar-refractivity contribution in [2.45, 2.75) is 37.6 Å². The predicted molar refractivity (Wildman–Crippen MR) is 74.6 cm³/mol. The van der Waals surface area contributed by atoms with Crippen molar-refractivity contribution in [3.8, 4) is 11.5 Å². The minimum absolute atomic E-state index is 0.0478. The molecule has 4 heteroatoms. The molecule has 1 aromatic carbocycles. The molecule has 0 unspecified atom stereocenters. The van der Waals surface area contributed by atoms with Gasteiger partial charge in [-0.3, -0.25) is 0 Å². The molecule has 1 heterocycles. The normalized spacial score (nSPS) is 19.5. The number of ether oxygens (including phenoxy) is 2. The minimum Gasteiger partial charge on any atom is -0.454 e. The summed E-state index contributed by atoms with van der Waals surface area (Å²) in [6, 6.07) is 6.19. The Bertz CT molecular complexity index is 481. The van der Waals surface area contributed by atoms with E-state index in [1.54, 1.807) is 0 Å². The number of rotatable bonds is 5. The first-order valence-electron chi connectivity index (χ1n) is 6.88. The van der Waals surface area contributed by atoms with Gasteiger partial charge >= 0.3 is 0 Å². The van der Waals surface area contributed by atoms with E-state index >= 15 is 0 Å². The monoisotopic (exact) mass is 262 g/mol. The Kier molecular flexibility index (Phi) is 2.95. The van der Waals surface area contributed by atoms with Gasteiger partial charge in [0.05, 0.1) is 0 Å². The fourth-order valence-electron chi connectivity index (χ4n) is 2.38. The molecule has 2 aliphatic rings. The van der Waals surface area contributed by atoms with Crippen LogP contribution in [0.5, 0.6) is 11.5 Å². The van der Waals surface area contributed by atoms with Crippen LogP contribution >= 0.6 is 0 Å². The van der Waals surface area contributed by atoms with E-state index in [0.29, 0.717) is 6.79 Å². The summed E-state index contributed by atoms with van der Waals surface area (Å²) >= 11 is 0. The molecule has 1 aliphatic carbocycles. The molecule has 3 N–H and O–H groups in total. The van der Waals surface area contributed by atoms with Gasteiger partial charge in [0.25, 0.3) is 0 Å². The highest BCUT2D eigenvalue weighted by atomic mass is 16.7. The van der Waals surface area contributed by atoms with Crippen molar-refractivity contribution in [3.63, 3.8) is 0 Å². The van der Waals surface area contributed by atoms with Gasteiger partial charge < -0.3 is 20.5 Å². The predicted octanol–water partition coefficient (Wildman–Crippen LogP) is 1.77. The maximum atomic E-state index is 6.09. The van der Waals surface area contributed by atoms with E-state index in [-0.39, 0.29) is 11.0 Å². The molecule has 19 heavy (non-hydrogen) atoms. The van der Waals surface area contributed by atoms with Crippen molar-refractivity contribution in [3.05, 3.63) is 23.8 Å². The van der Waals surface area contributed by atoms with Crippen molar-refractivity contribution >= 4 is 0 Å². The average Bonchev–Trinajstić information content (AvgIpc) is 2.92. The van der Waals surface area contributed by atoms with E-state index in [4.69, 9.17) is 15.2 Å². The molecule has 0 bridgehead atoms. The third kappa shape index (κ3) is 2.69. The van der Waals surface area contributed by atoms with Crippen LogP contribution in [0.2, 0.25) is 0 Å². The van der Waals surface area contributed by atoms with Gasteiger partial charge in [-0.1, -0.05) is 19.9 Å². The number of nitrogens with two attached hydrogens (primary N) is 1. The lowest BCUT2D eigenvalue weighted by Crippen LogP contribution is -2.41. The largest absolute Gasteiger partial charge is 0.454 e. The second kappa shape index (κ2) is 4.39. The van der Waals surface area contributed by atoms with Crippen molar-refractivity contribution < 1.29 is 9.47 Å². The minimum atomic E-state index is 0.0478. The van der Waals surface area contributed by atoms with Crippen LogP contribution in [0, 0.1) is 0 Å². The summed E-state index contributed by atoms with van der Waals surface area (Å²) in [4.78, 5) is 0. The molecule has 0 aromatic heterocycles. The van der Waals surface area contributed by atoms with Crippen LogP contribution in [0.15, 0.2) is 18.2 Å². The molecule has 3 rings (SSSR count). The number of fused-ring (bicyclic) bond motifs is 1. The smallest absolute Gasteiger partial charge is 0.231 e. The van der Waals surface area contributed by atoms with Crippen molar-refractivity contribution in [2.75, 3.05) is 19.9 Å². The molecule has 0 atom stereocenters. The van der Waals surface area contributed by atoms with E-state index in [2.05, 4.69) is 31.3 Å². The van der Waals surface area contributed by atoms with Crippen LogP contribution in [0.3, 0.4) is 0 Å². The Balaban J connectivity index is 1.65. The molecule has 1 saturated carbocycles. The van der Waals surface area contributed by atoms with Crippen molar-refractivity contribution in [1.82, 2.24) is 5.32 Å². The van der Waals surface area contributed by atoms with E-state index < -0.39 is 0 Å². The third-order valence-electron chi connectivity index (χ3n) is 4.09. The van der Waals surface area contributed by atoms with Gasteiger partial charge in [0, 0.05) is 24.0 Å². The van der Waals surface area contributed by atoms with Crippen LogP contribution in [0.4, 0.5) is 0 Å². The van der Waals surface area contributed by atoms with Gasteiger partial charge in [0.1, 0.15) is 0 Å². The maximum Gasteiger partial charge on any atom is 0.231 e. The lowest BCUT2D eigenvalue weighted by atomic mass is 9.84. The SMILES string of the molecule is CC(C)(CNCC1(N)CC1)c1ccc2c(c1)OCO2. The molecule has 1 aliphatic heterocycles. The zero-order valence-electron chi connectivity index (χ0n) is 11.7. The van der Waals surface area contributed by atoms with Gasteiger partial charge in [0.2, 0.25) is 6.79 Å². The Morgan fingerprint density at radius 3 is 2.74 bits per heavy atom. The average molecular weight is 262 g/mol. The first kappa shape index (κ1) is 12.8. The van der Waals surface area contributed by atoms with Crippen LogP contribution in [0.25, 0.3) is 0 Å². The third-order valence-corrected chi connectivity index (χ3v) is 4.09. The molecular formula is C15H22N2O2. The summed E-state index contributed by atoms with van der Waals surface area (Å²) in [5.74, 6) is 1.69. The standard InChI is InChI=1S/C15H22N2O2/c1-14(2,8-17-9-15(16)5-6-15)11-3-4-12-13(7-11)19-10-18-12/h3-4,7,17H,5-6,8-10,16H2,1-2H3. The molecule has 0 amide bonds. The Morgan fingerprint density at radius 1 is 1.26 bits per heavy atom. The molecular weight excluding hydrogens is 240 g/mol.